The largest absolute Gasteiger partial charge is 0.492 e. The van der Waals surface area contributed by atoms with E-state index in [0.717, 1.165) is 37.0 Å². The van der Waals surface area contributed by atoms with Crippen LogP contribution < -0.4 is 4.74 Å². The minimum absolute atomic E-state index is 0.123. The molecule has 0 unspecified atom stereocenters. The van der Waals surface area contributed by atoms with Crippen LogP contribution in [0.5, 0.6) is 5.75 Å². The quantitative estimate of drug-likeness (QED) is 0.225. The third-order valence-electron chi connectivity index (χ3n) is 6.32. The van der Waals surface area contributed by atoms with Crippen molar-refractivity contribution in [1.29, 1.82) is 0 Å². The van der Waals surface area contributed by atoms with Crippen molar-refractivity contribution in [2.75, 3.05) is 46.0 Å². The number of amides is 1. The van der Waals surface area contributed by atoms with E-state index in [4.69, 9.17) is 26.8 Å². The molecule has 2 aromatic carbocycles. The summed E-state index contributed by atoms with van der Waals surface area (Å²) in [6.45, 7) is 3.80. The summed E-state index contributed by atoms with van der Waals surface area (Å²) in [5, 5.41) is 8.89. The van der Waals surface area contributed by atoms with Gasteiger partial charge in [-0.05, 0) is 48.4 Å². The number of halogens is 4. The molecule has 1 N–H and O–H groups in total. The number of carboxylic acid groups (broad SMARTS) is 1. The van der Waals surface area contributed by atoms with Crippen molar-refractivity contribution in [1.82, 2.24) is 9.80 Å². The van der Waals surface area contributed by atoms with E-state index in [0.29, 0.717) is 43.7 Å². The molecule has 214 valence electrons. The number of thiocarbonyl (C=S) groups is 1. The summed E-state index contributed by atoms with van der Waals surface area (Å²) in [5.74, 6) is -1.88. The number of hydrogen-bond donors (Lipinski definition) is 1. The summed E-state index contributed by atoms with van der Waals surface area (Å²) >= 11 is 6.33. The molecule has 0 atom stereocenters. The number of thioether (sulfide) groups is 1. The van der Waals surface area contributed by atoms with Gasteiger partial charge in [0.15, 0.2) is 0 Å². The average Bonchev–Trinajstić information content (AvgIpc) is 3.17. The number of rotatable bonds is 10. The van der Waals surface area contributed by atoms with Crippen molar-refractivity contribution in [2.24, 2.45) is 0 Å². The zero-order chi connectivity index (χ0) is 28.9. The lowest BCUT2D eigenvalue weighted by Gasteiger charge is -2.26. The number of morpholine rings is 1. The minimum Gasteiger partial charge on any atom is -0.492 e. The molecular weight excluding hydrogens is 572 g/mol. The fourth-order valence-corrected chi connectivity index (χ4v) is 5.51. The van der Waals surface area contributed by atoms with Crippen LogP contribution in [-0.4, -0.2) is 77.1 Å². The third-order valence-corrected chi connectivity index (χ3v) is 7.69. The smallest absolute Gasteiger partial charge is 0.416 e. The molecular formula is C27H26F4N2O5S2. The van der Waals surface area contributed by atoms with Crippen LogP contribution in [0.15, 0.2) is 41.3 Å². The molecule has 0 aromatic heterocycles. The Hall–Kier alpha value is -3.00. The SMILES string of the molecule is O=C(O)CCCN1C(=O)/C(=C/c2cc(-c3cc(C(F)(F)F)ccc3F)ccc2OCCN2CCOCC2)SC1=S. The molecule has 7 nitrogen and oxygen atoms in total. The molecule has 2 heterocycles. The van der Waals surface area contributed by atoms with E-state index in [2.05, 4.69) is 4.90 Å². The molecule has 0 saturated carbocycles. The second-order valence-electron chi connectivity index (χ2n) is 9.08. The number of alkyl halides is 3. The molecule has 2 aromatic rings. The van der Waals surface area contributed by atoms with Crippen LogP contribution in [0, 0.1) is 5.82 Å². The first-order valence-electron chi connectivity index (χ1n) is 12.4. The highest BCUT2D eigenvalue weighted by atomic mass is 32.2. The normalized spacial score (nSPS) is 17.6. The molecule has 13 heteroatoms. The lowest BCUT2D eigenvalue weighted by molar-refractivity contribution is -0.138. The highest BCUT2D eigenvalue weighted by Crippen LogP contribution is 2.38. The molecule has 0 spiro atoms. The third kappa shape index (κ3) is 7.59. The van der Waals surface area contributed by atoms with Gasteiger partial charge >= 0.3 is 12.1 Å². The van der Waals surface area contributed by atoms with E-state index in [1.165, 1.54) is 29.2 Å². The molecule has 40 heavy (non-hydrogen) atoms. The van der Waals surface area contributed by atoms with Gasteiger partial charge in [0.2, 0.25) is 0 Å². The fourth-order valence-electron chi connectivity index (χ4n) is 4.21. The Morgan fingerprint density at radius 2 is 1.90 bits per heavy atom. The summed E-state index contributed by atoms with van der Waals surface area (Å²) in [4.78, 5) is 27.6. The number of nitrogens with zero attached hydrogens (tertiary/aromatic N) is 2. The zero-order valence-corrected chi connectivity index (χ0v) is 22.8. The van der Waals surface area contributed by atoms with E-state index in [-0.39, 0.29) is 39.7 Å². The molecule has 0 aliphatic carbocycles. The van der Waals surface area contributed by atoms with Crippen LogP contribution in [0.25, 0.3) is 17.2 Å². The summed E-state index contributed by atoms with van der Waals surface area (Å²) in [6, 6.07) is 6.67. The Labute approximate surface area is 237 Å². The van der Waals surface area contributed by atoms with Crippen molar-refractivity contribution in [3.05, 3.63) is 58.2 Å². The topological polar surface area (TPSA) is 79.3 Å². The van der Waals surface area contributed by atoms with Gasteiger partial charge in [0.05, 0.1) is 23.7 Å². The maximum atomic E-state index is 14.7. The van der Waals surface area contributed by atoms with Crippen LogP contribution in [0.4, 0.5) is 17.6 Å². The van der Waals surface area contributed by atoms with Crippen molar-refractivity contribution in [2.45, 2.75) is 19.0 Å². The van der Waals surface area contributed by atoms with Gasteiger partial charge in [0.1, 0.15) is 22.5 Å². The second kappa shape index (κ2) is 13.1. The monoisotopic (exact) mass is 598 g/mol. The Bertz CT molecular complexity index is 1310. The molecule has 2 aliphatic rings. The van der Waals surface area contributed by atoms with Crippen molar-refractivity contribution < 1.29 is 41.7 Å². The second-order valence-corrected chi connectivity index (χ2v) is 10.8. The van der Waals surface area contributed by atoms with Gasteiger partial charge in [-0.1, -0.05) is 30.0 Å². The maximum Gasteiger partial charge on any atom is 0.416 e. The average molecular weight is 599 g/mol. The lowest BCUT2D eigenvalue weighted by atomic mass is 9.99. The van der Waals surface area contributed by atoms with E-state index in [9.17, 15) is 27.2 Å². The van der Waals surface area contributed by atoms with E-state index in [1.807, 2.05) is 0 Å². The summed E-state index contributed by atoms with van der Waals surface area (Å²) in [5.41, 5.74) is -0.696. The van der Waals surface area contributed by atoms with Gasteiger partial charge < -0.3 is 14.6 Å². The Morgan fingerprint density at radius 1 is 1.15 bits per heavy atom. The molecule has 4 rings (SSSR count). The first-order chi connectivity index (χ1) is 19.0. The van der Waals surface area contributed by atoms with E-state index in [1.54, 1.807) is 0 Å². The molecule has 2 aliphatic heterocycles. The van der Waals surface area contributed by atoms with Crippen molar-refractivity contribution >= 4 is 46.3 Å². The van der Waals surface area contributed by atoms with E-state index >= 15 is 0 Å². The summed E-state index contributed by atoms with van der Waals surface area (Å²) in [6.07, 6.45) is -3.05. The standard InChI is InChI=1S/C27H26F4N2O5S2/c28-21-5-4-19(27(29,30)31)16-20(21)17-3-6-22(38-13-10-32-8-11-37-12-9-32)18(14-17)15-23-25(36)33(26(39)40-23)7-1-2-24(34)35/h3-6,14-16H,1-2,7-13H2,(H,34,35)/b23-15-. The molecule has 2 saturated heterocycles. The van der Waals surface area contributed by atoms with Crippen LogP contribution in [0.3, 0.4) is 0 Å². The van der Waals surface area contributed by atoms with Crippen LogP contribution >= 0.6 is 24.0 Å². The highest BCUT2D eigenvalue weighted by molar-refractivity contribution is 8.26. The van der Waals surface area contributed by atoms with Gasteiger partial charge in [-0.3, -0.25) is 19.4 Å². The number of benzene rings is 2. The Balaban J connectivity index is 1.64. The number of carboxylic acids is 1. The number of carbonyl (C=O) groups is 2. The number of carbonyl (C=O) groups excluding carboxylic acids is 1. The lowest BCUT2D eigenvalue weighted by Crippen LogP contribution is -2.38. The number of hydrogen-bond acceptors (Lipinski definition) is 7. The Kier molecular flexibility index (Phi) is 9.82. The van der Waals surface area contributed by atoms with Crippen LogP contribution in [0.2, 0.25) is 0 Å². The summed E-state index contributed by atoms with van der Waals surface area (Å²) < 4.78 is 66.2. The van der Waals surface area contributed by atoms with Gasteiger partial charge in [-0.2, -0.15) is 13.2 Å². The minimum atomic E-state index is -4.65. The van der Waals surface area contributed by atoms with Gasteiger partial charge in [-0.15, -0.1) is 0 Å². The molecule has 2 fully saturated rings. The zero-order valence-electron chi connectivity index (χ0n) is 21.2. The van der Waals surface area contributed by atoms with Gasteiger partial charge in [0, 0.05) is 43.7 Å². The summed E-state index contributed by atoms with van der Waals surface area (Å²) in [7, 11) is 0. The highest BCUT2D eigenvalue weighted by Gasteiger charge is 2.33. The van der Waals surface area contributed by atoms with Crippen molar-refractivity contribution in [3.8, 4) is 16.9 Å². The maximum absolute atomic E-state index is 14.7. The van der Waals surface area contributed by atoms with Crippen LogP contribution in [0.1, 0.15) is 24.0 Å². The molecule has 0 radical (unpaired) electrons. The fraction of sp³-hybridized carbons (Fsp3) is 0.370. The Morgan fingerprint density at radius 3 is 2.60 bits per heavy atom. The molecule has 1 amide bonds. The predicted molar refractivity (Wildman–Crippen MR) is 146 cm³/mol. The first-order valence-corrected chi connectivity index (χ1v) is 13.7. The number of aliphatic carboxylic acids is 1. The predicted octanol–water partition coefficient (Wildman–Crippen LogP) is 5.29. The van der Waals surface area contributed by atoms with Gasteiger partial charge in [0.25, 0.3) is 5.91 Å². The first kappa shape index (κ1) is 30.0. The molecule has 0 bridgehead atoms. The van der Waals surface area contributed by atoms with Crippen LogP contribution in [-0.2, 0) is 20.5 Å². The van der Waals surface area contributed by atoms with Crippen molar-refractivity contribution in [3.63, 3.8) is 0 Å². The van der Waals surface area contributed by atoms with Gasteiger partial charge in [-0.25, -0.2) is 4.39 Å². The number of ether oxygens (including phenoxy) is 2. The van der Waals surface area contributed by atoms with E-state index < -0.39 is 29.4 Å².